The monoisotopic (exact) mass is 249 g/mol. The standard InChI is InChI=1S/C15H23NO2/c1-10-7-12(8-11(2)15(10)18)14(9-17)16-13-5-3-4-6-13/h7-8,13-14,16-18H,3-6,9H2,1-2H3. The molecule has 0 radical (unpaired) electrons. The highest BCUT2D eigenvalue weighted by molar-refractivity contribution is 5.43. The quantitative estimate of drug-likeness (QED) is 0.768. The van der Waals surface area contributed by atoms with Crippen molar-refractivity contribution in [2.75, 3.05) is 6.61 Å². The minimum Gasteiger partial charge on any atom is -0.507 e. The van der Waals surface area contributed by atoms with Crippen LogP contribution in [0.1, 0.15) is 48.4 Å². The molecule has 1 saturated carbocycles. The van der Waals surface area contributed by atoms with Crippen LogP contribution >= 0.6 is 0 Å². The van der Waals surface area contributed by atoms with Crippen molar-refractivity contribution in [3.8, 4) is 5.75 Å². The molecule has 1 aromatic carbocycles. The molecule has 0 bridgehead atoms. The van der Waals surface area contributed by atoms with Crippen molar-refractivity contribution in [1.82, 2.24) is 5.32 Å². The molecular weight excluding hydrogens is 226 g/mol. The summed E-state index contributed by atoms with van der Waals surface area (Å²) >= 11 is 0. The van der Waals surface area contributed by atoms with E-state index < -0.39 is 0 Å². The molecule has 0 aromatic heterocycles. The van der Waals surface area contributed by atoms with E-state index in [1.165, 1.54) is 25.7 Å². The molecule has 3 N–H and O–H groups in total. The molecule has 0 saturated heterocycles. The predicted octanol–water partition coefficient (Wildman–Crippen LogP) is 2.57. The van der Waals surface area contributed by atoms with Gasteiger partial charge in [-0.05, 0) is 43.4 Å². The van der Waals surface area contributed by atoms with Crippen LogP contribution in [0.2, 0.25) is 0 Å². The van der Waals surface area contributed by atoms with E-state index in [0.717, 1.165) is 16.7 Å². The van der Waals surface area contributed by atoms with Gasteiger partial charge in [0.2, 0.25) is 0 Å². The molecule has 3 heteroatoms. The van der Waals surface area contributed by atoms with E-state index in [2.05, 4.69) is 5.32 Å². The van der Waals surface area contributed by atoms with Crippen LogP contribution in [0.15, 0.2) is 12.1 Å². The zero-order valence-corrected chi connectivity index (χ0v) is 11.2. The number of benzene rings is 1. The number of hydrogen-bond donors (Lipinski definition) is 3. The van der Waals surface area contributed by atoms with Crippen molar-refractivity contribution < 1.29 is 10.2 Å². The van der Waals surface area contributed by atoms with E-state index in [4.69, 9.17) is 0 Å². The molecule has 0 heterocycles. The molecule has 0 amide bonds. The van der Waals surface area contributed by atoms with E-state index in [0.29, 0.717) is 11.8 Å². The summed E-state index contributed by atoms with van der Waals surface area (Å²) in [6.07, 6.45) is 4.96. The lowest BCUT2D eigenvalue weighted by Crippen LogP contribution is -2.32. The van der Waals surface area contributed by atoms with Gasteiger partial charge in [-0.15, -0.1) is 0 Å². The Balaban J connectivity index is 2.16. The first-order valence-corrected chi connectivity index (χ1v) is 6.79. The first-order chi connectivity index (χ1) is 8.61. The van der Waals surface area contributed by atoms with Crippen molar-refractivity contribution in [2.24, 2.45) is 0 Å². The summed E-state index contributed by atoms with van der Waals surface area (Å²) < 4.78 is 0. The Hall–Kier alpha value is -1.06. The molecule has 1 unspecified atom stereocenters. The maximum atomic E-state index is 9.79. The van der Waals surface area contributed by atoms with Crippen LogP contribution in [0.25, 0.3) is 0 Å². The zero-order valence-electron chi connectivity index (χ0n) is 11.2. The number of phenolic OH excluding ortho intramolecular Hbond substituents is 1. The van der Waals surface area contributed by atoms with Gasteiger partial charge in [0.25, 0.3) is 0 Å². The Kier molecular flexibility index (Phi) is 4.25. The second-order valence-corrected chi connectivity index (χ2v) is 5.39. The van der Waals surface area contributed by atoms with Crippen LogP contribution in [-0.4, -0.2) is 22.9 Å². The molecule has 1 atom stereocenters. The lowest BCUT2D eigenvalue weighted by atomic mass is 10.00. The van der Waals surface area contributed by atoms with Crippen molar-refractivity contribution in [3.05, 3.63) is 28.8 Å². The maximum Gasteiger partial charge on any atom is 0.121 e. The Morgan fingerprint density at radius 1 is 1.22 bits per heavy atom. The third-order valence-electron chi connectivity index (χ3n) is 3.89. The maximum absolute atomic E-state index is 9.79. The topological polar surface area (TPSA) is 52.5 Å². The number of hydrogen-bond acceptors (Lipinski definition) is 3. The fraction of sp³-hybridized carbons (Fsp3) is 0.600. The lowest BCUT2D eigenvalue weighted by Gasteiger charge is -2.22. The third kappa shape index (κ3) is 2.85. The summed E-state index contributed by atoms with van der Waals surface area (Å²) in [4.78, 5) is 0. The molecule has 18 heavy (non-hydrogen) atoms. The van der Waals surface area contributed by atoms with E-state index >= 15 is 0 Å². The van der Waals surface area contributed by atoms with Crippen molar-refractivity contribution in [2.45, 2.75) is 51.6 Å². The van der Waals surface area contributed by atoms with Gasteiger partial charge in [0.05, 0.1) is 12.6 Å². The van der Waals surface area contributed by atoms with Crippen molar-refractivity contribution in [1.29, 1.82) is 0 Å². The third-order valence-corrected chi connectivity index (χ3v) is 3.89. The fourth-order valence-electron chi connectivity index (χ4n) is 2.82. The van der Waals surface area contributed by atoms with E-state index in [1.54, 1.807) is 0 Å². The molecule has 1 fully saturated rings. The van der Waals surface area contributed by atoms with Crippen LogP contribution in [0.3, 0.4) is 0 Å². The van der Waals surface area contributed by atoms with Crippen molar-refractivity contribution >= 4 is 0 Å². The van der Waals surface area contributed by atoms with Crippen LogP contribution in [0.4, 0.5) is 0 Å². The highest BCUT2D eigenvalue weighted by Gasteiger charge is 2.20. The number of aryl methyl sites for hydroxylation is 2. The minimum absolute atomic E-state index is 0.0221. The van der Waals surface area contributed by atoms with Crippen molar-refractivity contribution in [3.63, 3.8) is 0 Å². The summed E-state index contributed by atoms with van der Waals surface area (Å²) in [5.74, 6) is 0.358. The molecule has 1 aromatic rings. The highest BCUT2D eigenvalue weighted by Crippen LogP contribution is 2.27. The smallest absolute Gasteiger partial charge is 0.121 e. The number of aromatic hydroxyl groups is 1. The van der Waals surface area contributed by atoms with Crippen LogP contribution < -0.4 is 5.32 Å². The second-order valence-electron chi connectivity index (χ2n) is 5.39. The normalized spacial score (nSPS) is 18.2. The first kappa shape index (κ1) is 13.4. The zero-order chi connectivity index (χ0) is 13.1. The first-order valence-electron chi connectivity index (χ1n) is 6.79. The largest absolute Gasteiger partial charge is 0.507 e. The fourth-order valence-corrected chi connectivity index (χ4v) is 2.82. The molecule has 0 aliphatic heterocycles. The van der Waals surface area contributed by atoms with Gasteiger partial charge < -0.3 is 15.5 Å². The van der Waals surface area contributed by atoms with Crippen LogP contribution in [0.5, 0.6) is 5.75 Å². The lowest BCUT2D eigenvalue weighted by molar-refractivity contribution is 0.233. The number of rotatable bonds is 4. The van der Waals surface area contributed by atoms with Gasteiger partial charge in [-0.3, -0.25) is 0 Å². The summed E-state index contributed by atoms with van der Waals surface area (Å²) in [6, 6.07) is 4.43. The number of nitrogens with one attached hydrogen (secondary N) is 1. The van der Waals surface area contributed by atoms with Crippen LogP contribution in [-0.2, 0) is 0 Å². The highest BCUT2D eigenvalue weighted by atomic mass is 16.3. The van der Waals surface area contributed by atoms with Gasteiger partial charge in [0.1, 0.15) is 5.75 Å². The Labute approximate surface area is 109 Å². The van der Waals surface area contributed by atoms with Crippen LogP contribution in [0, 0.1) is 13.8 Å². The van der Waals surface area contributed by atoms with E-state index in [-0.39, 0.29) is 12.6 Å². The Morgan fingerprint density at radius 2 is 1.78 bits per heavy atom. The number of aliphatic hydroxyl groups is 1. The van der Waals surface area contributed by atoms with Gasteiger partial charge in [0, 0.05) is 6.04 Å². The molecular formula is C15H23NO2. The van der Waals surface area contributed by atoms with Gasteiger partial charge in [-0.25, -0.2) is 0 Å². The van der Waals surface area contributed by atoms with Gasteiger partial charge in [-0.2, -0.15) is 0 Å². The average Bonchev–Trinajstić information content (AvgIpc) is 2.85. The van der Waals surface area contributed by atoms with E-state index in [1.807, 2.05) is 26.0 Å². The summed E-state index contributed by atoms with van der Waals surface area (Å²) in [7, 11) is 0. The molecule has 1 aliphatic rings. The summed E-state index contributed by atoms with van der Waals surface area (Å²) in [6.45, 7) is 3.89. The SMILES string of the molecule is Cc1cc(C(CO)NC2CCCC2)cc(C)c1O. The van der Waals surface area contributed by atoms with E-state index in [9.17, 15) is 10.2 Å². The molecule has 2 rings (SSSR count). The predicted molar refractivity (Wildman–Crippen MR) is 72.8 cm³/mol. The number of aliphatic hydroxyl groups excluding tert-OH is 1. The average molecular weight is 249 g/mol. The molecule has 100 valence electrons. The minimum atomic E-state index is -0.0221. The Morgan fingerprint density at radius 3 is 2.28 bits per heavy atom. The molecule has 1 aliphatic carbocycles. The second kappa shape index (κ2) is 5.72. The van der Waals surface area contributed by atoms with Gasteiger partial charge in [-0.1, -0.05) is 25.0 Å². The summed E-state index contributed by atoms with van der Waals surface area (Å²) in [5, 5.41) is 22.9. The molecule has 3 nitrogen and oxygen atoms in total. The Bertz CT molecular complexity index is 388. The summed E-state index contributed by atoms with van der Waals surface area (Å²) in [5.41, 5.74) is 2.81. The molecule has 0 spiro atoms. The number of phenols is 1. The van der Waals surface area contributed by atoms with Gasteiger partial charge >= 0.3 is 0 Å². The van der Waals surface area contributed by atoms with Gasteiger partial charge in [0.15, 0.2) is 0 Å².